The first-order chi connectivity index (χ1) is 9.72. The Balaban J connectivity index is 2.34. The number of hydrogen-bond acceptors (Lipinski definition) is 6. The van der Waals surface area contributed by atoms with Crippen molar-refractivity contribution in [1.82, 2.24) is 15.0 Å². The summed E-state index contributed by atoms with van der Waals surface area (Å²) in [6.45, 7) is 2.62. The van der Waals surface area contributed by atoms with E-state index in [-0.39, 0.29) is 11.5 Å². The van der Waals surface area contributed by atoms with Crippen molar-refractivity contribution in [2.45, 2.75) is 19.8 Å². The lowest BCUT2D eigenvalue weighted by atomic mass is 10.1. The summed E-state index contributed by atoms with van der Waals surface area (Å²) in [6.07, 6.45) is 5.89. The Morgan fingerprint density at radius 2 is 2.05 bits per heavy atom. The Morgan fingerprint density at radius 1 is 1.30 bits per heavy atom. The molecule has 0 aliphatic heterocycles. The molecule has 2 heterocycles. The molecule has 7 nitrogen and oxygen atoms in total. The van der Waals surface area contributed by atoms with Crippen LogP contribution in [0.15, 0.2) is 30.9 Å². The summed E-state index contributed by atoms with van der Waals surface area (Å²) in [5, 5.41) is 14.2. The number of aromatic nitrogens is 3. The van der Waals surface area contributed by atoms with E-state index in [1.807, 2.05) is 19.1 Å². The zero-order valence-corrected chi connectivity index (χ0v) is 11.1. The number of pyridine rings is 1. The van der Waals surface area contributed by atoms with Gasteiger partial charge in [0.1, 0.15) is 12.0 Å². The molecule has 0 spiro atoms. The zero-order chi connectivity index (χ0) is 14.4. The zero-order valence-electron chi connectivity index (χ0n) is 11.1. The van der Waals surface area contributed by atoms with Gasteiger partial charge in [0.05, 0.1) is 4.92 Å². The molecule has 0 saturated carbocycles. The number of rotatable bonds is 6. The molecule has 104 valence electrons. The first-order valence-electron chi connectivity index (χ1n) is 6.33. The molecule has 0 radical (unpaired) electrons. The van der Waals surface area contributed by atoms with Gasteiger partial charge in [-0.1, -0.05) is 6.92 Å². The molecule has 0 unspecified atom stereocenters. The summed E-state index contributed by atoms with van der Waals surface area (Å²) in [5.74, 6) is 0.274. The molecule has 0 bridgehead atoms. The fourth-order valence-corrected chi connectivity index (χ4v) is 1.80. The third kappa shape index (κ3) is 3.25. The van der Waals surface area contributed by atoms with Gasteiger partial charge >= 0.3 is 5.69 Å². The fraction of sp³-hybridized carbons (Fsp3) is 0.308. The summed E-state index contributed by atoms with van der Waals surface area (Å²) in [5.41, 5.74) is 1.26. The Hall–Kier alpha value is -2.57. The second-order valence-corrected chi connectivity index (χ2v) is 4.23. The highest BCUT2D eigenvalue weighted by atomic mass is 16.6. The number of nitrogens with one attached hydrogen (secondary N) is 1. The van der Waals surface area contributed by atoms with E-state index in [1.54, 1.807) is 12.4 Å². The van der Waals surface area contributed by atoms with Crippen LogP contribution in [-0.4, -0.2) is 26.4 Å². The second kappa shape index (κ2) is 6.55. The van der Waals surface area contributed by atoms with Crippen LogP contribution in [0.1, 0.15) is 24.6 Å². The van der Waals surface area contributed by atoms with Gasteiger partial charge in [0, 0.05) is 25.4 Å². The van der Waals surface area contributed by atoms with E-state index in [4.69, 9.17) is 0 Å². The summed E-state index contributed by atoms with van der Waals surface area (Å²) in [6, 6.07) is 3.62. The molecule has 2 aromatic heterocycles. The number of nitro groups is 1. The quantitative estimate of drug-likeness (QED) is 0.640. The molecule has 1 N–H and O–H groups in total. The Labute approximate surface area is 116 Å². The summed E-state index contributed by atoms with van der Waals surface area (Å²) >= 11 is 0. The van der Waals surface area contributed by atoms with Crippen LogP contribution in [-0.2, 0) is 6.42 Å². The van der Waals surface area contributed by atoms with E-state index in [2.05, 4.69) is 20.3 Å². The van der Waals surface area contributed by atoms with Crippen LogP contribution in [0.5, 0.6) is 0 Å². The third-order valence-corrected chi connectivity index (χ3v) is 2.74. The van der Waals surface area contributed by atoms with E-state index in [9.17, 15) is 10.1 Å². The highest BCUT2D eigenvalue weighted by Crippen LogP contribution is 2.26. The van der Waals surface area contributed by atoms with Crippen LogP contribution >= 0.6 is 0 Å². The van der Waals surface area contributed by atoms with Crippen molar-refractivity contribution < 1.29 is 4.92 Å². The molecule has 0 aliphatic rings. The average Bonchev–Trinajstić information content (AvgIpc) is 2.46. The molecule has 2 rings (SSSR count). The van der Waals surface area contributed by atoms with E-state index >= 15 is 0 Å². The van der Waals surface area contributed by atoms with Crippen LogP contribution in [0, 0.1) is 10.1 Å². The highest BCUT2D eigenvalue weighted by molar-refractivity contribution is 5.58. The van der Waals surface area contributed by atoms with Crippen LogP contribution in [0.3, 0.4) is 0 Å². The van der Waals surface area contributed by atoms with Crippen molar-refractivity contribution in [2.24, 2.45) is 0 Å². The smallest absolute Gasteiger partial charge is 0.332 e. The van der Waals surface area contributed by atoms with Crippen molar-refractivity contribution in [2.75, 3.05) is 11.9 Å². The van der Waals surface area contributed by atoms with E-state index in [1.165, 1.54) is 6.33 Å². The topological polar surface area (TPSA) is 93.8 Å². The molecule has 0 amide bonds. The number of nitrogens with zero attached hydrogens (tertiary/aromatic N) is 4. The van der Waals surface area contributed by atoms with E-state index in [0.29, 0.717) is 18.7 Å². The molecule has 0 fully saturated rings. The van der Waals surface area contributed by atoms with Gasteiger partial charge in [-0.25, -0.2) is 9.97 Å². The summed E-state index contributed by atoms with van der Waals surface area (Å²) < 4.78 is 0. The molecule has 0 atom stereocenters. The molecule has 7 heteroatoms. The SMILES string of the molecule is CCCNc1ncnc(Cc2ccncc2)c1[N+](=O)[O-]. The predicted octanol–water partition coefficient (Wildman–Crippen LogP) is 2.19. The largest absolute Gasteiger partial charge is 0.364 e. The fourth-order valence-electron chi connectivity index (χ4n) is 1.80. The monoisotopic (exact) mass is 273 g/mol. The van der Waals surface area contributed by atoms with Gasteiger partial charge < -0.3 is 5.32 Å². The second-order valence-electron chi connectivity index (χ2n) is 4.23. The van der Waals surface area contributed by atoms with E-state index in [0.717, 1.165) is 12.0 Å². The van der Waals surface area contributed by atoms with Crippen LogP contribution in [0.2, 0.25) is 0 Å². The maximum absolute atomic E-state index is 11.3. The van der Waals surface area contributed by atoms with Gasteiger partial charge in [-0.05, 0) is 24.1 Å². The van der Waals surface area contributed by atoms with Crippen molar-refractivity contribution in [3.05, 3.63) is 52.2 Å². The highest BCUT2D eigenvalue weighted by Gasteiger charge is 2.22. The van der Waals surface area contributed by atoms with Crippen molar-refractivity contribution >= 4 is 11.5 Å². The minimum Gasteiger partial charge on any atom is -0.364 e. The third-order valence-electron chi connectivity index (χ3n) is 2.74. The molecular weight excluding hydrogens is 258 g/mol. The normalized spacial score (nSPS) is 10.2. The first-order valence-corrected chi connectivity index (χ1v) is 6.33. The van der Waals surface area contributed by atoms with E-state index < -0.39 is 4.92 Å². The minimum atomic E-state index is -0.436. The van der Waals surface area contributed by atoms with Crippen molar-refractivity contribution in [3.8, 4) is 0 Å². The first kappa shape index (κ1) is 13.9. The molecule has 2 aromatic rings. The molecule has 0 aliphatic carbocycles. The molecular formula is C13H15N5O2. The van der Waals surface area contributed by atoms with Gasteiger partial charge in [-0.15, -0.1) is 0 Å². The maximum atomic E-state index is 11.3. The average molecular weight is 273 g/mol. The Kier molecular flexibility index (Phi) is 4.54. The predicted molar refractivity (Wildman–Crippen MR) is 74.5 cm³/mol. The van der Waals surface area contributed by atoms with Gasteiger partial charge in [0.15, 0.2) is 0 Å². The maximum Gasteiger partial charge on any atom is 0.332 e. The molecule has 20 heavy (non-hydrogen) atoms. The van der Waals surface area contributed by atoms with Gasteiger partial charge in [0.25, 0.3) is 0 Å². The number of hydrogen-bond donors (Lipinski definition) is 1. The Morgan fingerprint density at radius 3 is 2.70 bits per heavy atom. The lowest BCUT2D eigenvalue weighted by molar-refractivity contribution is -0.385. The van der Waals surface area contributed by atoms with Crippen molar-refractivity contribution in [3.63, 3.8) is 0 Å². The number of anilines is 1. The Bertz CT molecular complexity index is 589. The standard InChI is InChI=1S/C13H15N5O2/c1-2-5-15-13-12(18(19)20)11(16-9-17-13)8-10-3-6-14-7-4-10/h3-4,6-7,9H,2,5,8H2,1H3,(H,15,16,17). The molecule has 0 aromatic carbocycles. The van der Waals surface area contributed by atoms with Crippen molar-refractivity contribution in [1.29, 1.82) is 0 Å². The van der Waals surface area contributed by atoms with Gasteiger partial charge in [0.2, 0.25) is 5.82 Å². The summed E-state index contributed by atoms with van der Waals surface area (Å²) in [4.78, 5) is 22.8. The lowest BCUT2D eigenvalue weighted by Gasteiger charge is -2.07. The van der Waals surface area contributed by atoms with Gasteiger partial charge in [-0.3, -0.25) is 15.1 Å². The van der Waals surface area contributed by atoms with Crippen LogP contribution in [0.25, 0.3) is 0 Å². The van der Waals surface area contributed by atoms with Crippen LogP contribution in [0.4, 0.5) is 11.5 Å². The summed E-state index contributed by atoms with van der Waals surface area (Å²) in [7, 11) is 0. The molecule has 0 saturated heterocycles. The van der Waals surface area contributed by atoms with Crippen LogP contribution < -0.4 is 5.32 Å². The minimum absolute atomic E-state index is 0.0576. The lowest BCUT2D eigenvalue weighted by Crippen LogP contribution is -2.09. The van der Waals surface area contributed by atoms with Gasteiger partial charge in [-0.2, -0.15) is 0 Å².